The van der Waals surface area contributed by atoms with Crippen LogP contribution in [0.1, 0.15) is 29.8 Å². The highest BCUT2D eigenvalue weighted by Gasteiger charge is 2.18. The Bertz CT molecular complexity index is 640. The summed E-state index contributed by atoms with van der Waals surface area (Å²) in [5, 5.41) is 12.6. The normalized spacial score (nSPS) is 10.7. The zero-order chi connectivity index (χ0) is 15.4. The van der Waals surface area contributed by atoms with Gasteiger partial charge in [-0.2, -0.15) is 0 Å². The SMILES string of the molecule is CC(C)OC(=O)c1cccc(F)c1COc1ccn(O)n1. The standard InChI is InChI=1S/C14H15FN2O4/c1-9(2)21-14(18)10-4-3-5-12(15)11(10)8-20-13-6-7-17(19)16-13/h3-7,9,19H,8H2,1-2H3. The molecule has 1 aromatic heterocycles. The van der Waals surface area contributed by atoms with E-state index in [2.05, 4.69) is 5.10 Å². The molecular formula is C14H15FN2O4. The van der Waals surface area contributed by atoms with Gasteiger partial charge in [-0.25, -0.2) is 9.18 Å². The lowest BCUT2D eigenvalue weighted by atomic mass is 10.1. The van der Waals surface area contributed by atoms with Crippen LogP contribution in [-0.4, -0.2) is 27.2 Å². The van der Waals surface area contributed by atoms with E-state index in [0.717, 1.165) is 0 Å². The topological polar surface area (TPSA) is 73.6 Å². The molecule has 1 aromatic carbocycles. The van der Waals surface area contributed by atoms with E-state index in [-0.39, 0.29) is 29.7 Å². The van der Waals surface area contributed by atoms with Crippen LogP contribution < -0.4 is 4.74 Å². The van der Waals surface area contributed by atoms with Crippen LogP contribution in [0.3, 0.4) is 0 Å². The van der Waals surface area contributed by atoms with E-state index in [1.54, 1.807) is 13.8 Å². The fourth-order valence-corrected chi connectivity index (χ4v) is 1.70. The van der Waals surface area contributed by atoms with E-state index < -0.39 is 11.8 Å². The van der Waals surface area contributed by atoms with Crippen molar-refractivity contribution in [3.8, 4) is 5.88 Å². The number of carbonyl (C=O) groups is 1. The Labute approximate surface area is 120 Å². The van der Waals surface area contributed by atoms with Gasteiger partial charge in [0.15, 0.2) is 0 Å². The van der Waals surface area contributed by atoms with Crippen LogP contribution in [0.2, 0.25) is 0 Å². The van der Waals surface area contributed by atoms with Crippen LogP contribution in [0.15, 0.2) is 30.5 Å². The summed E-state index contributed by atoms with van der Waals surface area (Å²) in [4.78, 5) is 12.5. The molecule has 2 rings (SSSR count). The minimum Gasteiger partial charge on any atom is -0.472 e. The molecule has 0 atom stereocenters. The van der Waals surface area contributed by atoms with Gasteiger partial charge in [0.2, 0.25) is 5.88 Å². The summed E-state index contributed by atoms with van der Waals surface area (Å²) in [6.07, 6.45) is 0.963. The molecule has 0 aliphatic carbocycles. The van der Waals surface area contributed by atoms with Crippen LogP contribution in [-0.2, 0) is 11.3 Å². The van der Waals surface area contributed by atoms with E-state index in [0.29, 0.717) is 4.85 Å². The Hall–Kier alpha value is -2.57. The Kier molecular flexibility index (Phi) is 4.42. The second kappa shape index (κ2) is 6.25. The number of aromatic nitrogens is 2. The molecule has 1 heterocycles. The van der Waals surface area contributed by atoms with Crippen molar-refractivity contribution in [3.63, 3.8) is 0 Å². The van der Waals surface area contributed by atoms with Crippen LogP contribution in [0.4, 0.5) is 4.39 Å². The smallest absolute Gasteiger partial charge is 0.338 e. The number of nitrogens with zero attached hydrogens (tertiary/aromatic N) is 2. The van der Waals surface area contributed by atoms with Crippen LogP contribution >= 0.6 is 0 Å². The number of carbonyl (C=O) groups excluding carboxylic acids is 1. The minimum atomic E-state index is -0.615. The fourth-order valence-electron chi connectivity index (χ4n) is 1.70. The summed E-state index contributed by atoms with van der Waals surface area (Å²) >= 11 is 0. The molecule has 7 heteroatoms. The lowest BCUT2D eigenvalue weighted by Gasteiger charge is -2.12. The highest BCUT2D eigenvalue weighted by Crippen LogP contribution is 2.18. The summed E-state index contributed by atoms with van der Waals surface area (Å²) in [5.41, 5.74) is 0.183. The van der Waals surface area contributed by atoms with Gasteiger partial charge in [0, 0.05) is 11.6 Å². The predicted molar refractivity (Wildman–Crippen MR) is 70.7 cm³/mol. The number of hydrogen-bond acceptors (Lipinski definition) is 5. The second-order valence-electron chi connectivity index (χ2n) is 4.58. The lowest BCUT2D eigenvalue weighted by molar-refractivity contribution is 0.0374. The predicted octanol–water partition coefficient (Wildman–Crippen LogP) is 2.40. The number of halogens is 1. The lowest BCUT2D eigenvalue weighted by Crippen LogP contribution is -2.15. The van der Waals surface area contributed by atoms with Crippen molar-refractivity contribution >= 4 is 5.97 Å². The van der Waals surface area contributed by atoms with Gasteiger partial charge in [0.25, 0.3) is 0 Å². The van der Waals surface area contributed by atoms with Gasteiger partial charge in [-0.3, -0.25) is 0 Å². The van der Waals surface area contributed by atoms with Gasteiger partial charge in [0.1, 0.15) is 12.4 Å². The molecule has 0 spiro atoms. The first-order valence-corrected chi connectivity index (χ1v) is 6.33. The molecule has 2 aromatic rings. The number of benzene rings is 1. The molecule has 112 valence electrons. The van der Waals surface area contributed by atoms with Gasteiger partial charge in [0.05, 0.1) is 17.9 Å². The second-order valence-corrected chi connectivity index (χ2v) is 4.58. The van der Waals surface area contributed by atoms with Crippen molar-refractivity contribution in [2.75, 3.05) is 0 Å². The van der Waals surface area contributed by atoms with Crippen LogP contribution in [0.5, 0.6) is 5.88 Å². The molecule has 0 amide bonds. The maximum Gasteiger partial charge on any atom is 0.338 e. The van der Waals surface area contributed by atoms with E-state index in [9.17, 15) is 9.18 Å². The summed E-state index contributed by atoms with van der Waals surface area (Å²) in [5.74, 6) is -1.07. The molecule has 0 saturated heterocycles. The van der Waals surface area contributed by atoms with E-state index in [4.69, 9.17) is 14.7 Å². The van der Waals surface area contributed by atoms with Crippen molar-refractivity contribution in [2.45, 2.75) is 26.6 Å². The van der Waals surface area contributed by atoms with Gasteiger partial charge in [-0.05, 0) is 26.0 Å². The number of rotatable bonds is 5. The number of esters is 1. The highest BCUT2D eigenvalue weighted by molar-refractivity contribution is 5.91. The molecule has 0 aliphatic heterocycles. The minimum absolute atomic E-state index is 0.0793. The summed E-state index contributed by atoms with van der Waals surface area (Å²) in [6.45, 7) is 3.22. The van der Waals surface area contributed by atoms with Crippen LogP contribution in [0.25, 0.3) is 0 Å². The van der Waals surface area contributed by atoms with E-state index in [1.165, 1.54) is 30.5 Å². The first-order chi connectivity index (χ1) is 9.97. The average molecular weight is 294 g/mol. The number of ether oxygens (including phenoxy) is 2. The summed E-state index contributed by atoms with van der Waals surface area (Å²) in [6, 6.07) is 5.54. The van der Waals surface area contributed by atoms with Crippen molar-refractivity contribution in [1.82, 2.24) is 9.94 Å². The maximum atomic E-state index is 13.9. The van der Waals surface area contributed by atoms with Gasteiger partial charge >= 0.3 is 5.97 Å². The fraction of sp³-hybridized carbons (Fsp3) is 0.286. The van der Waals surface area contributed by atoms with Gasteiger partial charge in [-0.1, -0.05) is 11.2 Å². The molecule has 21 heavy (non-hydrogen) atoms. The Morgan fingerprint density at radius 1 is 1.43 bits per heavy atom. The molecule has 1 N–H and O–H groups in total. The first-order valence-electron chi connectivity index (χ1n) is 6.33. The molecule has 0 unspecified atom stereocenters. The van der Waals surface area contributed by atoms with Crippen molar-refractivity contribution in [1.29, 1.82) is 0 Å². The Balaban J connectivity index is 2.19. The highest BCUT2D eigenvalue weighted by atomic mass is 19.1. The molecule has 0 bridgehead atoms. The molecule has 0 fully saturated rings. The van der Waals surface area contributed by atoms with Crippen molar-refractivity contribution in [3.05, 3.63) is 47.4 Å². The zero-order valence-corrected chi connectivity index (χ0v) is 11.6. The van der Waals surface area contributed by atoms with Crippen molar-refractivity contribution in [2.24, 2.45) is 0 Å². The maximum absolute atomic E-state index is 13.9. The van der Waals surface area contributed by atoms with Crippen molar-refractivity contribution < 1.29 is 23.9 Å². The quantitative estimate of drug-likeness (QED) is 0.677. The Morgan fingerprint density at radius 3 is 2.81 bits per heavy atom. The molecule has 6 nitrogen and oxygen atoms in total. The molecular weight excluding hydrogens is 279 g/mol. The third kappa shape index (κ3) is 3.71. The average Bonchev–Trinajstić information content (AvgIpc) is 2.82. The molecule has 0 aliphatic rings. The van der Waals surface area contributed by atoms with E-state index >= 15 is 0 Å². The van der Waals surface area contributed by atoms with Gasteiger partial charge in [-0.15, -0.1) is 4.85 Å². The summed E-state index contributed by atoms with van der Waals surface area (Å²) < 4.78 is 24.2. The van der Waals surface area contributed by atoms with Gasteiger partial charge < -0.3 is 14.7 Å². The monoisotopic (exact) mass is 294 g/mol. The Morgan fingerprint density at radius 2 is 2.19 bits per heavy atom. The third-order valence-electron chi connectivity index (χ3n) is 2.60. The van der Waals surface area contributed by atoms with E-state index in [1.807, 2.05) is 0 Å². The first kappa shape index (κ1) is 14.8. The molecule has 0 saturated carbocycles. The van der Waals surface area contributed by atoms with Crippen LogP contribution in [0, 0.1) is 5.82 Å². The zero-order valence-electron chi connectivity index (χ0n) is 11.6. The molecule has 0 radical (unpaired) electrons. The number of hydrogen-bond donors (Lipinski definition) is 1. The third-order valence-corrected chi connectivity index (χ3v) is 2.60. The summed E-state index contributed by atoms with van der Waals surface area (Å²) in [7, 11) is 0. The largest absolute Gasteiger partial charge is 0.472 e.